The molecule has 0 bridgehead atoms. The van der Waals surface area contributed by atoms with Gasteiger partial charge in [-0.25, -0.2) is 12.7 Å². The van der Waals surface area contributed by atoms with E-state index in [0.29, 0.717) is 10.4 Å². The van der Waals surface area contributed by atoms with Crippen molar-refractivity contribution in [3.8, 4) is 5.75 Å². The zero-order valence-electron chi connectivity index (χ0n) is 16.1. The van der Waals surface area contributed by atoms with Crippen LogP contribution in [0.15, 0.2) is 29.3 Å². The number of hydrogen-bond donors (Lipinski definition) is 0. The Morgan fingerprint density at radius 2 is 1.81 bits per heavy atom. The van der Waals surface area contributed by atoms with Crippen LogP contribution in [0.1, 0.15) is 41.4 Å². The number of sulfonamides is 1. The Kier molecular flexibility index (Phi) is 6.17. The van der Waals surface area contributed by atoms with Gasteiger partial charge in [0.25, 0.3) is 15.9 Å². The maximum atomic E-state index is 13.0. The molecule has 0 unspecified atom stereocenters. The summed E-state index contributed by atoms with van der Waals surface area (Å²) in [5.74, 6) is -2.44. The smallest absolute Gasteiger partial charge is 0.376 e. The van der Waals surface area contributed by atoms with Gasteiger partial charge >= 0.3 is 15.6 Å². The van der Waals surface area contributed by atoms with Crippen LogP contribution in [0.2, 0.25) is 10.0 Å². The molecule has 0 saturated heterocycles. The summed E-state index contributed by atoms with van der Waals surface area (Å²) in [4.78, 5) is 16.2. The topological polar surface area (TPSA) is 111 Å². The predicted octanol–water partition coefficient (Wildman–Crippen LogP) is 4.08. The molecule has 1 aliphatic rings. The minimum Gasteiger partial charge on any atom is -0.376 e. The van der Waals surface area contributed by atoms with E-state index in [1.165, 1.54) is 26.1 Å². The van der Waals surface area contributed by atoms with Gasteiger partial charge in [-0.05, 0) is 23.6 Å². The molecule has 1 amide bonds. The molecular weight excluding hydrogens is 520 g/mol. The Balaban J connectivity index is 2.13. The second kappa shape index (κ2) is 8.04. The number of halogens is 5. The summed E-state index contributed by atoms with van der Waals surface area (Å²) in [5.41, 5.74) is -6.05. The van der Waals surface area contributed by atoms with Crippen molar-refractivity contribution in [2.45, 2.75) is 36.7 Å². The lowest BCUT2D eigenvalue weighted by atomic mass is 9.96. The molecule has 1 aromatic carbocycles. The lowest BCUT2D eigenvalue weighted by Crippen LogP contribution is -2.30. The number of rotatable bonds is 5. The van der Waals surface area contributed by atoms with Crippen molar-refractivity contribution in [2.24, 2.45) is 0 Å². The van der Waals surface area contributed by atoms with Gasteiger partial charge in [0.1, 0.15) is 10.6 Å². The van der Waals surface area contributed by atoms with Crippen LogP contribution in [-0.2, 0) is 26.7 Å². The highest BCUT2D eigenvalue weighted by Gasteiger charge is 2.49. The Labute approximate surface area is 191 Å². The molecule has 2 aromatic rings. The first-order valence-corrected chi connectivity index (χ1v) is 12.2. The molecular formula is C17H13Cl2F3N2O6S2. The van der Waals surface area contributed by atoms with E-state index in [1.54, 1.807) is 0 Å². The Bertz CT molecular complexity index is 1330. The molecule has 1 aliphatic heterocycles. The van der Waals surface area contributed by atoms with Crippen LogP contribution < -0.4 is 4.18 Å². The van der Waals surface area contributed by atoms with Gasteiger partial charge in [0, 0.05) is 12.3 Å². The van der Waals surface area contributed by atoms with Crippen LogP contribution in [0, 0.1) is 0 Å². The fourth-order valence-corrected chi connectivity index (χ4v) is 5.38. The number of carbonyl (C=O) groups is 1. The van der Waals surface area contributed by atoms with Gasteiger partial charge in [0.15, 0.2) is 0 Å². The van der Waals surface area contributed by atoms with Crippen LogP contribution in [-0.4, -0.2) is 37.5 Å². The Hall–Kier alpha value is -2.09. The molecule has 2 heterocycles. The molecule has 174 valence electrons. The third-order valence-corrected chi connectivity index (χ3v) is 7.67. The molecule has 0 fully saturated rings. The maximum absolute atomic E-state index is 13.0. The summed E-state index contributed by atoms with van der Waals surface area (Å²) < 4.78 is 91.6. The van der Waals surface area contributed by atoms with Crippen LogP contribution in [0.3, 0.4) is 0 Å². The van der Waals surface area contributed by atoms with Gasteiger partial charge in [-0.3, -0.25) is 9.78 Å². The zero-order valence-corrected chi connectivity index (χ0v) is 19.3. The maximum Gasteiger partial charge on any atom is 0.534 e. The summed E-state index contributed by atoms with van der Waals surface area (Å²) in [6, 6.07) is 2.74. The van der Waals surface area contributed by atoms with Gasteiger partial charge < -0.3 is 4.18 Å². The average Bonchev–Trinajstić information content (AvgIpc) is 2.82. The van der Waals surface area contributed by atoms with E-state index in [2.05, 4.69) is 9.17 Å². The minimum atomic E-state index is -6.07. The highest BCUT2D eigenvalue weighted by Crippen LogP contribution is 2.40. The molecule has 0 saturated carbocycles. The molecule has 1 aromatic heterocycles. The third kappa shape index (κ3) is 4.26. The Morgan fingerprint density at radius 3 is 2.34 bits per heavy atom. The molecule has 0 aliphatic carbocycles. The van der Waals surface area contributed by atoms with Gasteiger partial charge in [-0.15, -0.1) is 0 Å². The lowest BCUT2D eigenvalue weighted by molar-refractivity contribution is -0.0500. The van der Waals surface area contributed by atoms with Crippen molar-refractivity contribution in [3.63, 3.8) is 0 Å². The highest BCUT2D eigenvalue weighted by atomic mass is 35.5. The first kappa shape index (κ1) is 24.6. The fraction of sp³-hybridized carbons (Fsp3) is 0.294. The van der Waals surface area contributed by atoms with E-state index < -0.39 is 54.7 Å². The molecule has 15 heteroatoms. The number of fused-ring (bicyclic) bond motifs is 1. The van der Waals surface area contributed by atoms with Crippen LogP contribution in [0.5, 0.6) is 5.75 Å². The van der Waals surface area contributed by atoms with E-state index >= 15 is 0 Å². The van der Waals surface area contributed by atoms with E-state index in [4.69, 9.17) is 23.2 Å². The van der Waals surface area contributed by atoms with E-state index in [1.807, 2.05) is 0 Å². The largest absolute Gasteiger partial charge is 0.534 e. The number of aromatic nitrogens is 1. The molecule has 32 heavy (non-hydrogen) atoms. The average molecular weight is 533 g/mol. The van der Waals surface area contributed by atoms with Crippen molar-refractivity contribution in [3.05, 3.63) is 51.3 Å². The summed E-state index contributed by atoms with van der Waals surface area (Å²) in [5, 5.41) is 0.160. The first-order valence-electron chi connectivity index (χ1n) is 8.62. The second-order valence-electron chi connectivity index (χ2n) is 6.92. The number of amides is 1. The predicted molar refractivity (Wildman–Crippen MR) is 107 cm³/mol. The second-order valence-corrected chi connectivity index (χ2v) is 11.1. The van der Waals surface area contributed by atoms with Crippen molar-refractivity contribution in [1.82, 2.24) is 9.29 Å². The SMILES string of the molecule is CC(C)c1cc(OS(=O)(=O)C(F)(F)F)cc2c1C(=O)N(Cc1ncc(Cl)cc1Cl)S2(=O)=O. The summed E-state index contributed by atoms with van der Waals surface area (Å²) in [7, 11) is -10.7. The van der Waals surface area contributed by atoms with Crippen molar-refractivity contribution in [1.29, 1.82) is 0 Å². The summed E-state index contributed by atoms with van der Waals surface area (Å²) >= 11 is 11.8. The molecule has 0 radical (unpaired) electrons. The number of carbonyl (C=O) groups excluding carboxylic acids is 1. The molecule has 0 N–H and O–H groups in total. The number of benzene rings is 1. The number of pyridine rings is 1. The van der Waals surface area contributed by atoms with E-state index in [9.17, 15) is 34.8 Å². The van der Waals surface area contributed by atoms with Gasteiger partial charge in [-0.2, -0.15) is 21.6 Å². The zero-order chi connectivity index (χ0) is 24.2. The number of hydrogen-bond acceptors (Lipinski definition) is 7. The molecule has 0 atom stereocenters. The van der Waals surface area contributed by atoms with Gasteiger partial charge in [-0.1, -0.05) is 37.0 Å². The highest BCUT2D eigenvalue weighted by molar-refractivity contribution is 7.90. The van der Waals surface area contributed by atoms with E-state index in [0.717, 1.165) is 6.07 Å². The van der Waals surface area contributed by atoms with Crippen molar-refractivity contribution >= 4 is 49.3 Å². The summed E-state index contributed by atoms with van der Waals surface area (Å²) in [6.45, 7) is 2.50. The van der Waals surface area contributed by atoms with Crippen molar-refractivity contribution in [2.75, 3.05) is 0 Å². The first-order chi connectivity index (χ1) is 14.6. The normalized spacial score (nSPS) is 15.9. The van der Waals surface area contributed by atoms with Crippen LogP contribution in [0.25, 0.3) is 0 Å². The monoisotopic (exact) mass is 532 g/mol. The van der Waals surface area contributed by atoms with Gasteiger partial charge in [0.05, 0.1) is 27.8 Å². The summed E-state index contributed by atoms with van der Waals surface area (Å²) in [6.07, 6.45) is 1.19. The number of alkyl halides is 3. The minimum absolute atomic E-state index is 0.00279. The standard InChI is InChI=1S/C17H13Cl2F3N2O6S2/c1-8(2)11-4-10(30-32(28,29)17(20,21)22)5-14-15(11)16(25)24(31(14,26)27)7-13-12(19)3-9(18)6-23-13/h3-6,8H,7H2,1-2H3. The quantitative estimate of drug-likeness (QED) is 0.421. The molecule has 8 nitrogen and oxygen atoms in total. The van der Waals surface area contributed by atoms with Crippen molar-refractivity contribution < 1.29 is 39.0 Å². The molecule has 3 rings (SSSR count). The van der Waals surface area contributed by atoms with Crippen LogP contribution in [0.4, 0.5) is 13.2 Å². The van der Waals surface area contributed by atoms with E-state index in [-0.39, 0.29) is 26.9 Å². The Morgan fingerprint density at radius 1 is 1.19 bits per heavy atom. The molecule has 0 spiro atoms. The third-order valence-electron chi connectivity index (χ3n) is 4.40. The lowest BCUT2D eigenvalue weighted by Gasteiger charge is -2.15. The van der Waals surface area contributed by atoms with Gasteiger partial charge in [0.2, 0.25) is 0 Å². The number of nitrogens with zero attached hydrogens (tertiary/aromatic N) is 2. The van der Waals surface area contributed by atoms with Crippen LogP contribution >= 0.6 is 23.2 Å². The fourth-order valence-electron chi connectivity index (χ4n) is 2.93.